The number of amides is 1. The van der Waals surface area contributed by atoms with Crippen molar-refractivity contribution >= 4 is 11.9 Å². The Balaban J connectivity index is 1.53. The van der Waals surface area contributed by atoms with E-state index in [1.807, 2.05) is 0 Å². The van der Waals surface area contributed by atoms with Gasteiger partial charge in [0.05, 0.1) is 30.6 Å². The van der Waals surface area contributed by atoms with E-state index in [4.69, 9.17) is 14.5 Å². The highest BCUT2D eigenvalue weighted by Crippen LogP contribution is 2.65. The van der Waals surface area contributed by atoms with Gasteiger partial charge in [-0.15, -0.1) is 0 Å². The molecule has 182 valence electrons. The van der Waals surface area contributed by atoms with Crippen LogP contribution in [-0.4, -0.2) is 41.1 Å². The fourth-order valence-corrected chi connectivity index (χ4v) is 7.75. The lowest BCUT2D eigenvalue weighted by molar-refractivity contribution is -0.180. The number of ether oxygens (including phenoxy) is 2. The third kappa shape index (κ3) is 3.80. The van der Waals surface area contributed by atoms with Crippen molar-refractivity contribution in [2.45, 2.75) is 90.2 Å². The molecule has 4 saturated carbocycles. The van der Waals surface area contributed by atoms with Crippen LogP contribution < -0.4 is 5.49 Å². The molecule has 0 aromatic carbocycles. The zero-order valence-electron chi connectivity index (χ0n) is 20.9. The molecule has 2 unspecified atom stereocenters. The molecule has 4 bridgehead atoms. The van der Waals surface area contributed by atoms with Gasteiger partial charge in [-0.3, -0.25) is 19.0 Å². The number of carbonyl (C=O) groups excluding carboxylic acids is 2. The van der Waals surface area contributed by atoms with Crippen LogP contribution in [0.5, 0.6) is 0 Å². The molecule has 1 aromatic heterocycles. The Bertz CT molecular complexity index is 1010. The van der Waals surface area contributed by atoms with E-state index in [0.717, 1.165) is 57.2 Å². The monoisotopic (exact) mass is 457 g/mol. The van der Waals surface area contributed by atoms with Crippen molar-refractivity contribution in [2.75, 3.05) is 13.7 Å². The number of carbonyl (C=O) groups is 2. The standard InChI is InChI=1S/C26H39N3O4/c1-24(2,3)20-10-21(29(28(20)4)15-19-7-6-8-33-19)27-22(30)25-11-17-9-18(12-25)14-26(13-17,16-25)23(31)32-5/h10,17-19H,6-9,11-16H2,1-5H3/t17?,18?,19-,25?,26?/m1/s1. The summed E-state index contributed by atoms with van der Waals surface area (Å²) >= 11 is 0. The minimum Gasteiger partial charge on any atom is -0.469 e. The first-order valence-corrected chi connectivity index (χ1v) is 12.6. The molecule has 7 heteroatoms. The lowest BCUT2D eigenvalue weighted by Gasteiger charge is -2.59. The smallest absolute Gasteiger partial charge is 0.311 e. The zero-order chi connectivity index (χ0) is 23.6. The van der Waals surface area contributed by atoms with E-state index in [2.05, 4.69) is 43.2 Å². The molecule has 5 fully saturated rings. The van der Waals surface area contributed by atoms with Crippen molar-refractivity contribution in [3.05, 3.63) is 17.2 Å². The second-order valence-electron chi connectivity index (χ2n) is 12.3. The maximum atomic E-state index is 13.9. The molecule has 1 aromatic rings. The van der Waals surface area contributed by atoms with Crippen molar-refractivity contribution in [2.24, 2.45) is 34.7 Å². The summed E-state index contributed by atoms with van der Waals surface area (Å²) in [4.78, 5) is 31.5. The summed E-state index contributed by atoms with van der Waals surface area (Å²) in [7, 11) is 3.53. The van der Waals surface area contributed by atoms with Crippen molar-refractivity contribution in [1.82, 2.24) is 9.36 Å². The first-order valence-electron chi connectivity index (χ1n) is 12.6. The van der Waals surface area contributed by atoms with Crippen LogP contribution in [-0.2, 0) is 38.1 Å². The number of hydrogen-bond acceptors (Lipinski definition) is 4. The van der Waals surface area contributed by atoms with E-state index in [-0.39, 0.29) is 23.4 Å². The van der Waals surface area contributed by atoms with Crippen LogP contribution in [0.1, 0.15) is 77.8 Å². The van der Waals surface area contributed by atoms with Gasteiger partial charge < -0.3 is 9.47 Å². The molecule has 0 radical (unpaired) electrons. The third-order valence-electron chi connectivity index (χ3n) is 8.76. The van der Waals surface area contributed by atoms with E-state index in [0.29, 0.717) is 30.3 Å². The van der Waals surface area contributed by atoms with E-state index in [9.17, 15) is 9.59 Å². The lowest BCUT2D eigenvalue weighted by Crippen LogP contribution is -2.57. The van der Waals surface area contributed by atoms with Gasteiger partial charge >= 0.3 is 5.97 Å². The minimum absolute atomic E-state index is 0.0444. The Morgan fingerprint density at radius 1 is 1.18 bits per heavy atom. The van der Waals surface area contributed by atoms with Crippen molar-refractivity contribution in [3.63, 3.8) is 0 Å². The third-order valence-corrected chi connectivity index (χ3v) is 8.76. The van der Waals surface area contributed by atoms with Gasteiger partial charge in [-0.25, -0.2) is 0 Å². The number of esters is 1. The van der Waals surface area contributed by atoms with Crippen LogP contribution >= 0.6 is 0 Å². The molecule has 2 heterocycles. The number of nitrogens with zero attached hydrogens (tertiary/aromatic N) is 3. The van der Waals surface area contributed by atoms with E-state index in [1.54, 1.807) is 0 Å². The summed E-state index contributed by atoms with van der Waals surface area (Å²) in [5.41, 5.74) is 0.761. The summed E-state index contributed by atoms with van der Waals surface area (Å²) in [6, 6.07) is 2.07. The van der Waals surface area contributed by atoms with Crippen molar-refractivity contribution in [3.8, 4) is 0 Å². The Morgan fingerprint density at radius 2 is 1.85 bits per heavy atom. The van der Waals surface area contributed by atoms with Crippen LogP contribution in [0.25, 0.3) is 0 Å². The first kappa shape index (κ1) is 22.9. The van der Waals surface area contributed by atoms with Crippen molar-refractivity contribution in [1.29, 1.82) is 0 Å². The predicted molar refractivity (Wildman–Crippen MR) is 123 cm³/mol. The highest BCUT2D eigenvalue weighted by Gasteiger charge is 2.63. The Hall–Kier alpha value is -1.89. The molecule has 1 saturated heterocycles. The Labute approximate surface area is 196 Å². The van der Waals surface area contributed by atoms with Gasteiger partial charge in [0.2, 0.25) is 0 Å². The predicted octanol–water partition coefficient (Wildman–Crippen LogP) is 3.49. The molecule has 6 rings (SSSR count). The molecule has 1 amide bonds. The largest absolute Gasteiger partial charge is 0.469 e. The molecule has 7 nitrogen and oxygen atoms in total. The van der Waals surface area contributed by atoms with Gasteiger partial charge in [0.15, 0.2) is 5.49 Å². The van der Waals surface area contributed by atoms with Crippen molar-refractivity contribution < 1.29 is 19.1 Å². The fourth-order valence-electron chi connectivity index (χ4n) is 7.75. The normalized spacial score (nSPS) is 35.9. The number of hydrogen-bond donors (Lipinski definition) is 0. The second-order valence-corrected chi connectivity index (χ2v) is 12.3. The summed E-state index contributed by atoms with van der Waals surface area (Å²) in [6.07, 6.45) is 7.43. The van der Waals surface area contributed by atoms with E-state index < -0.39 is 10.8 Å². The fraction of sp³-hybridized carbons (Fsp3) is 0.808. The molecule has 4 aliphatic carbocycles. The van der Waals surface area contributed by atoms with Gasteiger partial charge in [-0.1, -0.05) is 20.8 Å². The first-order chi connectivity index (χ1) is 15.6. The Kier molecular flexibility index (Phi) is 5.42. The summed E-state index contributed by atoms with van der Waals surface area (Å²) in [5.74, 6) is 0.669. The van der Waals surface area contributed by atoms with Crippen LogP contribution in [0.2, 0.25) is 0 Å². The van der Waals surface area contributed by atoms with Gasteiger partial charge in [0, 0.05) is 30.8 Å². The molecular formula is C26H39N3O4. The zero-order valence-corrected chi connectivity index (χ0v) is 20.9. The second kappa shape index (κ2) is 7.82. The number of aromatic nitrogens is 2. The summed E-state index contributed by atoms with van der Waals surface area (Å²) < 4.78 is 15.4. The highest BCUT2D eigenvalue weighted by atomic mass is 16.5. The maximum Gasteiger partial charge on any atom is 0.311 e. The molecule has 0 N–H and O–H groups in total. The van der Waals surface area contributed by atoms with Crippen LogP contribution in [0.15, 0.2) is 11.1 Å². The number of methoxy groups -OCH3 is 1. The van der Waals surface area contributed by atoms with Crippen LogP contribution in [0, 0.1) is 22.7 Å². The molecule has 3 atom stereocenters. The lowest BCUT2D eigenvalue weighted by atomic mass is 9.44. The van der Waals surface area contributed by atoms with Crippen LogP contribution in [0.3, 0.4) is 0 Å². The summed E-state index contributed by atoms with van der Waals surface area (Å²) in [6.45, 7) is 8.05. The number of rotatable bonds is 4. The maximum absolute atomic E-state index is 13.9. The van der Waals surface area contributed by atoms with Crippen LogP contribution in [0.4, 0.5) is 0 Å². The van der Waals surface area contributed by atoms with Gasteiger partial charge in [0.1, 0.15) is 0 Å². The quantitative estimate of drug-likeness (QED) is 0.649. The highest BCUT2D eigenvalue weighted by molar-refractivity contribution is 5.86. The molecule has 1 aliphatic heterocycles. The molecule has 33 heavy (non-hydrogen) atoms. The molecular weight excluding hydrogens is 418 g/mol. The molecule has 0 spiro atoms. The van der Waals surface area contributed by atoms with E-state index >= 15 is 0 Å². The van der Waals surface area contributed by atoms with Gasteiger partial charge in [0.25, 0.3) is 5.91 Å². The van der Waals surface area contributed by atoms with Gasteiger partial charge in [-0.05, 0) is 63.2 Å². The SMILES string of the molecule is COC(=O)C12CC3CC(CC(C(=O)N=c4cc(C(C)(C)C)n(C)n4C[C@H]4CCCO4)(C3)C1)C2. The summed E-state index contributed by atoms with van der Waals surface area (Å²) in [5, 5.41) is 0. The minimum atomic E-state index is -0.530. The average molecular weight is 458 g/mol. The van der Waals surface area contributed by atoms with Gasteiger partial charge in [-0.2, -0.15) is 4.99 Å². The molecule has 5 aliphatic rings. The average Bonchev–Trinajstić information content (AvgIpc) is 3.35. The Morgan fingerprint density at radius 3 is 2.42 bits per heavy atom. The topological polar surface area (TPSA) is 74.8 Å². The van der Waals surface area contributed by atoms with E-state index in [1.165, 1.54) is 7.11 Å².